The molecule has 3 aliphatic heterocycles. The molecule has 2 saturated heterocycles. The highest BCUT2D eigenvalue weighted by Gasteiger charge is 2.65. The van der Waals surface area contributed by atoms with Crippen LogP contribution in [0.4, 0.5) is 4.79 Å². The molecule has 2 bridgehead atoms. The number of fused-ring (bicyclic) bond motifs is 2. The normalized spacial score (nSPS) is 28.4. The quantitative estimate of drug-likeness (QED) is 0.580. The van der Waals surface area contributed by atoms with Crippen molar-refractivity contribution in [2.75, 3.05) is 33.8 Å². The zero-order chi connectivity index (χ0) is 28.8. The second-order valence-electron chi connectivity index (χ2n) is 13.7. The number of carbonyl (C=O) groups is 2. The van der Waals surface area contributed by atoms with E-state index in [1.54, 1.807) is 7.11 Å². The molecule has 1 aromatic carbocycles. The number of aromatic nitrogens is 1. The van der Waals surface area contributed by atoms with Gasteiger partial charge in [-0.05, 0) is 102 Å². The van der Waals surface area contributed by atoms with Crippen molar-refractivity contribution in [3.63, 3.8) is 0 Å². The van der Waals surface area contributed by atoms with E-state index < -0.39 is 11.7 Å². The highest BCUT2D eigenvalue weighted by molar-refractivity contribution is 5.95. The molecule has 2 aromatic rings. The molecule has 2 fully saturated rings. The van der Waals surface area contributed by atoms with Gasteiger partial charge in [0.05, 0.1) is 12.8 Å². The third-order valence-electron chi connectivity index (χ3n) is 10.4. The van der Waals surface area contributed by atoms with Gasteiger partial charge in [0.15, 0.2) is 11.5 Å². The minimum atomic E-state index is -0.535. The fraction of sp³-hybridized carbons (Fsp3) is 0.625. The van der Waals surface area contributed by atoms with Crippen molar-refractivity contribution < 1.29 is 23.8 Å². The topological polar surface area (TPSA) is 96.1 Å². The number of likely N-dealkylation sites (N-methyl/N-ethyl adjacent to an activating group) is 1. The molecule has 2 N–H and O–H groups in total. The number of likely N-dealkylation sites (tertiary alicyclic amines) is 2. The molecule has 41 heavy (non-hydrogen) atoms. The number of piperidine rings is 2. The van der Waals surface area contributed by atoms with E-state index in [-0.39, 0.29) is 23.5 Å². The van der Waals surface area contributed by atoms with Gasteiger partial charge < -0.3 is 34.3 Å². The molecule has 220 valence electrons. The first-order chi connectivity index (χ1) is 19.5. The van der Waals surface area contributed by atoms with E-state index in [0.29, 0.717) is 43.6 Å². The number of carbonyl (C=O) groups excluding carboxylic acids is 2. The number of benzene rings is 1. The minimum Gasteiger partial charge on any atom is -0.493 e. The van der Waals surface area contributed by atoms with Gasteiger partial charge in [0.2, 0.25) is 0 Å². The van der Waals surface area contributed by atoms with E-state index in [1.165, 1.54) is 16.7 Å². The maximum absolute atomic E-state index is 13.9. The Balaban J connectivity index is 1.17. The number of methoxy groups -OCH3 is 1. The Morgan fingerprint density at radius 3 is 2.61 bits per heavy atom. The molecule has 4 heterocycles. The number of aromatic amines is 1. The summed E-state index contributed by atoms with van der Waals surface area (Å²) in [6.45, 7) is 9.88. The summed E-state index contributed by atoms with van der Waals surface area (Å²) in [4.78, 5) is 34.2. The lowest BCUT2D eigenvalue weighted by molar-refractivity contribution is -0.0256. The van der Waals surface area contributed by atoms with Crippen LogP contribution in [0, 0.1) is 12.8 Å². The molecule has 9 heteroatoms. The Morgan fingerprint density at radius 2 is 1.90 bits per heavy atom. The molecule has 1 unspecified atom stereocenters. The third kappa shape index (κ3) is 3.91. The largest absolute Gasteiger partial charge is 0.493 e. The first kappa shape index (κ1) is 26.7. The highest BCUT2D eigenvalue weighted by atomic mass is 16.6. The van der Waals surface area contributed by atoms with Crippen molar-refractivity contribution in [3.05, 3.63) is 45.8 Å². The lowest BCUT2D eigenvalue weighted by atomic mass is 9.51. The molecule has 4 atom stereocenters. The molecular weight excluding hydrogens is 520 g/mol. The van der Waals surface area contributed by atoms with Crippen LogP contribution in [0.2, 0.25) is 0 Å². The Bertz CT molecular complexity index is 1420. The van der Waals surface area contributed by atoms with Crippen LogP contribution in [-0.2, 0) is 23.0 Å². The van der Waals surface area contributed by atoms with E-state index in [4.69, 9.17) is 14.2 Å². The van der Waals surface area contributed by atoms with Crippen molar-refractivity contribution in [1.29, 1.82) is 0 Å². The van der Waals surface area contributed by atoms with Crippen molar-refractivity contribution in [2.45, 2.75) is 89.0 Å². The maximum Gasteiger partial charge on any atom is 0.407 e. The van der Waals surface area contributed by atoms with Crippen molar-refractivity contribution in [1.82, 2.24) is 20.1 Å². The van der Waals surface area contributed by atoms with Crippen LogP contribution in [0.15, 0.2) is 12.1 Å². The molecule has 2 amide bonds. The number of nitrogens with one attached hydrogen (secondary N) is 2. The Labute approximate surface area is 241 Å². The van der Waals surface area contributed by atoms with E-state index in [9.17, 15) is 9.59 Å². The Kier molecular flexibility index (Phi) is 5.95. The number of nitrogens with zero attached hydrogens (tertiary/aromatic N) is 2. The van der Waals surface area contributed by atoms with Gasteiger partial charge in [0.1, 0.15) is 17.4 Å². The summed E-state index contributed by atoms with van der Waals surface area (Å²) < 4.78 is 18.1. The van der Waals surface area contributed by atoms with Crippen LogP contribution in [0.3, 0.4) is 0 Å². The third-order valence-corrected chi connectivity index (χ3v) is 10.4. The summed E-state index contributed by atoms with van der Waals surface area (Å²) in [6.07, 6.45) is 3.84. The Morgan fingerprint density at radius 1 is 1.15 bits per heavy atom. The highest BCUT2D eigenvalue weighted by Crippen LogP contribution is 2.67. The van der Waals surface area contributed by atoms with Gasteiger partial charge in [-0.1, -0.05) is 6.07 Å². The number of ether oxygens (including phenoxy) is 3. The summed E-state index contributed by atoms with van der Waals surface area (Å²) in [5.74, 6) is 2.15. The lowest BCUT2D eigenvalue weighted by Crippen LogP contribution is -2.62. The number of hydrogen-bond acceptors (Lipinski definition) is 6. The van der Waals surface area contributed by atoms with Crippen LogP contribution in [0.25, 0.3) is 0 Å². The van der Waals surface area contributed by atoms with Gasteiger partial charge in [-0.3, -0.25) is 4.79 Å². The predicted octanol–water partition coefficient (Wildman–Crippen LogP) is 4.27. The lowest BCUT2D eigenvalue weighted by Gasteiger charge is -2.57. The van der Waals surface area contributed by atoms with E-state index in [2.05, 4.69) is 41.3 Å². The van der Waals surface area contributed by atoms with Crippen molar-refractivity contribution >= 4 is 12.0 Å². The fourth-order valence-corrected chi connectivity index (χ4v) is 8.51. The van der Waals surface area contributed by atoms with Gasteiger partial charge in [-0.25, -0.2) is 4.79 Å². The van der Waals surface area contributed by atoms with Crippen LogP contribution < -0.4 is 14.8 Å². The minimum absolute atomic E-state index is 0.0000668. The molecule has 0 saturated carbocycles. The monoisotopic (exact) mass is 562 g/mol. The van der Waals surface area contributed by atoms with Gasteiger partial charge in [-0.15, -0.1) is 0 Å². The van der Waals surface area contributed by atoms with Crippen LogP contribution in [0.5, 0.6) is 11.5 Å². The average molecular weight is 563 g/mol. The predicted molar refractivity (Wildman–Crippen MR) is 154 cm³/mol. The standard InChI is InChI=1S/C32H42N4O5/c1-17-20-16-21-22-15-18-7-8-23(39-6)27-24(18)32(21,11-14-35(22)5)28(40-27)26(20)34-25(17)29(37)36-12-9-19(10-13-36)33-30(38)41-31(2,3)4/h7-8,19,21-22,28,34H,9-16H2,1-6H3,(H,33,38)/t21-,22-,28-,32?/m0/s1. The summed E-state index contributed by atoms with van der Waals surface area (Å²) in [6, 6.07) is 4.73. The van der Waals surface area contributed by atoms with Gasteiger partial charge in [-0.2, -0.15) is 0 Å². The molecule has 1 spiro atoms. The number of H-pyrrole nitrogens is 1. The summed E-state index contributed by atoms with van der Waals surface area (Å²) in [5, 5.41) is 2.97. The molecule has 2 aliphatic carbocycles. The number of amides is 2. The summed E-state index contributed by atoms with van der Waals surface area (Å²) >= 11 is 0. The van der Waals surface area contributed by atoms with Crippen LogP contribution >= 0.6 is 0 Å². The molecule has 7 rings (SSSR count). The molecular formula is C32H42N4O5. The first-order valence-corrected chi connectivity index (χ1v) is 15.1. The average Bonchev–Trinajstić information content (AvgIpc) is 3.44. The van der Waals surface area contributed by atoms with E-state index in [1.807, 2.05) is 25.7 Å². The number of rotatable bonds is 3. The van der Waals surface area contributed by atoms with Crippen molar-refractivity contribution in [3.8, 4) is 11.5 Å². The number of hydrogen-bond donors (Lipinski definition) is 2. The second-order valence-corrected chi connectivity index (χ2v) is 13.7. The summed E-state index contributed by atoms with van der Waals surface area (Å²) in [5.41, 5.74) is 6.13. The van der Waals surface area contributed by atoms with Gasteiger partial charge in [0, 0.05) is 36.2 Å². The van der Waals surface area contributed by atoms with Crippen LogP contribution in [-0.4, -0.2) is 78.3 Å². The fourth-order valence-electron chi connectivity index (χ4n) is 8.51. The Hall–Kier alpha value is -3.20. The van der Waals surface area contributed by atoms with Gasteiger partial charge in [0.25, 0.3) is 5.91 Å². The molecule has 1 aromatic heterocycles. The SMILES string of the molecule is COc1ccc2c3c1O[C@H]1c4[nH]c(C(=O)N5CCC(NC(=O)OC(C)(C)C)CC5)c(C)c4C[C@H]4[C@H](C2)N(C)CCC314. The number of alkyl carbamates (subject to hydrolysis) is 1. The molecule has 9 nitrogen and oxygen atoms in total. The van der Waals surface area contributed by atoms with Gasteiger partial charge >= 0.3 is 6.09 Å². The first-order valence-electron chi connectivity index (χ1n) is 15.1. The molecule has 0 radical (unpaired) electrons. The maximum atomic E-state index is 13.9. The van der Waals surface area contributed by atoms with Crippen LogP contribution in [0.1, 0.15) is 84.6 Å². The van der Waals surface area contributed by atoms with E-state index >= 15 is 0 Å². The molecule has 5 aliphatic rings. The van der Waals surface area contributed by atoms with E-state index in [0.717, 1.165) is 48.6 Å². The van der Waals surface area contributed by atoms with Crippen molar-refractivity contribution in [2.24, 2.45) is 5.92 Å². The smallest absolute Gasteiger partial charge is 0.407 e. The second kappa shape index (κ2) is 9.15. The zero-order valence-corrected chi connectivity index (χ0v) is 25.1. The summed E-state index contributed by atoms with van der Waals surface area (Å²) in [7, 11) is 3.97. The zero-order valence-electron chi connectivity index (χ0n) is 25.1.